The second-order valence-corrected chi connectivity index (χ2v) is 7.96. The number of benzene rings is 2. The second kappa shape index (κ2) is 8.76. The Hall–Kier alpha value is -2.69. The van der Waals surface area contributed by atoms with E-state index in [1.54, 1.807) is 7.11 Å². The molecule has 1 heterocycles. The van der Waals surface area contributed by atoms with Gasteiger partial charge in [-0.05, 0) is 62.4 Å². The van der Waals surface area contributed by atoms with Crippen molar-refractivity contribution in [2.24, 2.45) is 0 Å². The smallest absolute Gasteiger partial charge is 0.254 e. The van der Waals surface area contributed by atoms with Crippen molar-refractivity contribution in [3.63, 3.8) is 0 Å². The van der Waals surface area contributed by atoms with Gasteiger partial charge in [0.1, 0.15) is 0 Å². The summed E-state index contributed by atoms with van der Waals surface area (Å²) in [7, 11) is 1.63. The molecule has 2 fully saturated rings. The zero-order valence-corrected chi connectivity index (χ0v) is 17.4. The van der Waals surface area contributed by atoms with E-state index in [9.17, 15) is 4.79 Å². The van der Waals surface area contributed by atoms with Crippen LogP contribution in [0.3, 0.4) is 0 Å². The van der Waals surface area contributed by atoms with E-state index in [-0.39, 0.29) is 12.0 Å². The minimum atomic E-state index is 0.0557. The Morgan fingerprint density at radius 3 is 2.38 bits per heavy atom. The molecular formula is C24H30N2O3. The highest BCUT2D eigenvalue weighted by atomic mass is 16.5. The van der Waals surface area contributed by atoms with E-state index in [0.29, 0.717) is 11.3 Å². The number of hydrogen-bond donors (Lipinski definition) is 0. The molecule has 0 N–H and O–H groups in total. The van der Waals surface area contributed by atoms with Crippen LogP contribution in [0.2, 0.25) is 0 Å². The monoisotopic (exact) mass is 394 g/mol. The van der Waals surface area contributed by atoms with E-state index in [4.69, 9.17) is 9.47 Å². The Morgan fingerprint density at radius 1 is 0.966 bits per heavy atom. The summed E-state index contributed by atoms with van der Waals surface area (Å²) in [4.78, 5) is 17.3. The van der Waals surface area contributed by atoms with Crippen molar-refractivity contribution >= 4 is 11.6 Å². The maximum atomic E-state index is 13.0. The molecule has 154 valence electrons. The third-order valence-electron chi connectivity index (χ3n) is 6.03. The van der Waals surface area contributed by atoms with Crippen LogP contribution in [0, 0.1) is 6.92 Å². The van der Waals surface area contributed by atoms with Gasteiger partial charge in [0.2, 0.25) is 0 Å². The molecule has 5 heteroatoms. The van der Waals surface area contributed by atoms with Gasteiger partial charge in [-0.1, -0.05) is 18.2 Å². The number of carbonyl (C=O) groups excluding carboxylic acids is 1. The molecule has 0 atom stereocenters. The molecule has 1 aliphatic carbocycles. The number of amides is 1. The van der Waals surface area contributed by atoms with Crippen molar-refractivity contribution in [1.82, 2.24) is 4.90 Å². The molecular weight excluding hydrogens is 364 g/mol. The number of anilines is 1. The fraction of sp³-hybridized carbons (Fsp3) is 0.458. The molecule has 0 aromatic heterocycles. The minimum Gasteiger partial charge on any atom is -0.493 e. The summed E-state index contributed by atoms with van der Waals surface area (Å²) in [6.45, 7) is 5.26. The summed E-state index contributed by atoms with van der Waals surface area (Å²) < 4.78 is 11.6. The third-order valence-corrected chi connectivity index (χ3v) is 6.03. The number of ether oxygens (including phenoxy) is 2. The molecule has 2 aromatic rings. The van der Waals surface area contributed by atoms with E-state index in [2.05, 4.69) is 36.1 Å². The lowest BCUT2D eigenvalue weighted by Crippen LogP contribution is -2.49. The first-order valence-electron chi connectivity index (χ1n) is 10.6. The highest BCUT2D eigenvalue weighted by Gasteiger charge is 2.24. The van der Waals surface area contributed by atoms with Gasteiger partial charge in [-0.2, -0.15) is 0 Å². The molecule has 0 bridgehead atoms. The van der Waals surface area contributed by atoms with Crippen LogP contribution in [0.15, 0.2) is 42.5 Å². The molecule has 1 saturated carbocycles. The molecule has 1 saturated heterocycles. The highest BCUT2D eigenvalue weighted by Crippen LogP contribution is 2.33. The summed E-state index contributed by atoms with van der Waals surface area (Å²) in [5.41, 5.74) is 3.19. The van der Waals surface area contributed by atoms with Crippen molar-refractivity contribution in [2.45, 2.75) is 38.7 Å². The van der Waals surface area contributed by atoms with Gasteiger partial charge < -0.3 is 19.3 Å². The van der Waals surface area contributed by atoms with Crippen LogP contribution >= 0.6 is 0 Å². The average molecular weight is 395 g/mol. The second-order valence-electron chi connectivity index (χ2n) is 7.96. The summed E-state index contributed by atoms with van der Waals surface area (Å²) >= 11 is 0. The number of para-hydroxylation sites is 1. The SMILES string of the molecule is COc1cc(C(=O)N2CCN(c3ccccc3C)CC2)ccc1OC1CCCC1. The summed E-state index contributed by atoms with van der Waals surface area (Å²) in [5, 5.41) is 0. The van der Waals surface area contributed by atoms with E-state index in [1.165, 1.54) is 24.1 Å². The molecule has 0 spiro atoms. The first-order chi connectivity index (χ1) is 14.2. The van der Waals surface area contributed by atoms with E-state index in [1.807, 2.05) is 23.1 Å². The quantitative estimate of drug-likeness (QED) is 0.759. The zero-order valence-electron chi connectivity index (χ0n) is 17.4. The van der Waals surface area contributed by atoms with E-state index in [0.717, 1.165) is 44.8 Å². The van der Waals surface area contributed by atoms with Gasteiger partial charge in [-0.15, -0.1) is 0 Å². The van der Waals surface area contributed by atoms with Gasteiger partial charge in [-0.3, -0.25) is 4.79 Å². The highest BCUT2D eigenvalue weighted by molar-refractivity contribution is 5.95. The van der Waals surface area contributed by atoms with Crippen molar-refractivity contribution in [3.8, 4) is 11.5 Å². The number of hydrogen-bond acceptors (Lipinski definition) is 4. The molecule has 2 aromatic carbocycles. The molecule has 29 heavy (non-hydrogen) atoms. The molecule has 1 amide bonds. The predicted molar refractivity (Wildman–Crippen MR) is 115 cm³/mol. The van der Waals surface area contributed by atoms with Gasteiger partial charge in [0.05, 0.1) is 13.2 Å². The summed E-state index contributed by atoms with van der Waals surface area (Å²) in [6.07, 6.45) is 4.89. The van der Waals surface area contributed by atoms with Gasteiger partial charge in [-0.25, -0.2) is 0 Å². The van der Waals surface area contributed by atoms with Crippen LogP contribution in [0.5, 0.6) is 11.5 Å². The van der Waals surface area contributed by atoms with Crippen molar-refractivity contribution in [3.05, 3.63) is 53.6 Å². The van der Waals surface area contributed by atoms with Crippen LogP contribution in [0.4, 0.5) is 5.69 Å². The molecule has 1 aliphatic heterocycles. The van der Waals surface area contributed by atoms with Crippen LogP contribution in [-0.4, -0.2) is 50.2 Å². The maximum Gasteiger partial charge on any atom is 0.254 e. The molecule has 4 rings (SSSR count). The largest absolute Gasteiger partial charge is 0.493 e. The number of nitrogens with zero attached hydrogens (tertiary/aromatic N) is 2. The third kappa shape index (κ3) is 4.34. The van der Waals surface area contributed by atoms with Gasteiger partial charge in [0.25, 0.3) is 5.91 Å². The van der Waals surface area contributed by atoms with Crippen LogP contribution in [0.1, 0.15) is 41.6 Å². The van der Waals surface area contributed by atoms with Gasteiger partial charge in [0.15, 0.2) is 11.5 Å². The van der Waals surface area contributed by atoms with E-state index >= 15 is 0 Å². The number of aryl methyl sites for hydroxylation is 1. The van der Waals surface area contributed by atoms with Gasteiger partial charge in [0, 0.05) is 37.4 Å². The Balaban J connectivity index is 1.41. The van der Waals surface area contributed by atoms with Crippen LogP contribution in [0.25, 0.3) is 0 Å². The van der Waals surface area contributed by atoms with Crippen molar-refractivity contribution in [2.75, 3.05) is 38.2 Å². The maximum absolute atomic E-state index is 13.0. The fourth-order valence-electron chi connectivity index (χ4n) is 4.33. The Bertz CT molecular complexity index is 853. The predicted octanol–water partition coefficient (Wildman–Crippen LogP) is 4.29. The normalized spacial score (nSPS) is 17.4. The Labute approximate surface area is 173 Å². The number of methoxy groups -OCH3 is 1. The standard InChI is InChI=1S/C24H30N2O3/c1-18-7-3-6-10-21(18)25-13-15-26(16-14-25)24(27)19-11-12-22(23(17-19)28-2)29-20-8-4-5-9-20/h3,6-7,10-12,17,20H,4-5,8-9,13-16H2,1-2H3. The number of carbonyl (C=O) groups is 1. The first-order valence-corrected chi connectivity index (χ1v) is 10.6. The zero-order chi connectivity index (χ0) is 20.2. The number of rotatable bonds is 5. The van der Waals surface area contributed by atoms with Crippen molar-refractivity contribution < 1.29 is 14.3 Å². The van der Waals surface area contributed by atoms with E-state index < -0.39 is 0 Å². The Morgan fingerprint density at radius 2 is 1.69 bits per heavy atom. The van der Waals surface area contributed by atoms with Crippen LogP contribution < -0.4 is 14.4 Å². The summed E-state index contributed by atoms with van der Waals surface area (Å²) in [6, 6.07) is 14.0. The number of piperazine rings is 1. The minimum absolute atomic E-state index is 0.0557. The molecule has 5 nitrogen and oxygen atoms in total. The molecule has 0 radical (unpaired) electrons. The average Bonchev–Trinajstić information content (AvgIpc) is 3.27. The lowest BCUT2D eigenvalue weighted by Gasteiger charge is -2.37. The summed E-state index contributed by atoms with van der Waals surface area (Å²) in [5.74, 6) is 1.43. The van der Waals surface area contributed by atoms with Crippen LogP contribution in [-0.2, 0) is 0 Å². The molecule has 2 aliphatic rings. The molecule has 0 unspecified atom stereocenters. The first kappa shape index (κ1) is 19.6. The van der Waals surface area contributed by atoms with Crippen molar-refractivity contribution in [1.29, 1.82) is 0 Å². The lowest BCUT2D eigenvalue weighted by molar-refractivity contribution is 0.0746. The fourth-order valence-corrected chi connectivity index (χ4v) is 4.33. The Kier molecular flexibility index (Phi) is 5.93. The lowest BCUT2D eigenvalue weighted by atomic mass is 10.1. The van der Waals surface area contributed by atoms with Gasteiger partial charge >= 0.3 is 0 Å². The topological polar surface area (TPSA) is 42.0 Å².